The van der Waals surface area contributed by atoms with Gasteiger partial charge >= 0.3 is 0 Å². The normalized spacial score (nSPS) is 36.1. The Labute approximate surface area is 166 Å². The van der Waals surface area contributed by atoms with E-state index in [2.05, 4.69) is 0 Å². The van der Waals surface area contributed by atoms with E-state index in [1.54, 1.807) is 12.1 Å². The van der Waals surface area contributed by atoms with Crippen LogP contribution in [0.2, 0.25) is 0 Å². The fourth-order valence-corrected chi connectivity index (χ4v) is 5.19. The molecule has 6 heteroatoms. The first kappa shape index (κ1) is 21.2. The Morgan fingerprint density at radius 3 is 2.75 bits per heavy atom. The number of aliphatic hydroxyl groups is 3. The first-order valence-electron chi connectivity index (χ1n) is 9.91. The number of anilines is 1. The van der Waals surface area contributed by atoms with E-state index in [1.807, 2.05) is 31.7 Å². The van der Waals surface area contributed by atoms with Gasteiger partial charge in [0.15, 0.2) is 0 Å². The van der Waals surface area contributed by atoms with Crippen molar-refractivity contribution in [3.8, 4) is 0 Å². The molecule has 1 aliphatic carbocycles. The highest BCUT2D eigenvalue weighted by molar-refractivity contribution is 5.54. The molecule has 3 rings (SSSR count). The summed E-state index contributed by atoms with van der Waals surface area (Å²) in [5.74, 6) is -0.901. The zero-order valence-corrected chi connectivity index (χ0v) is 17.1. The molecule has 3 N–H and O–H groups in total. The number of ether oxygens (including phenoxy) is 1. The first-order valence-corrected chi connectivity index (χ1v) is 9.91. The largest absolute Gasteiger partial charge is 0.390 e. The maximum Gasteiger partial charge on any atom is 0.125 e. The van der Waals surface area contributed by atoms with Crippen molar-refractivity contribution in [3.05, 3.63) is 41.7 Å². The predicted octanol–water partition coefficient (Wildman–Crippen LogP) is 2.64. The second-order valence-corrected chi connectivity index (χ2v) is 8.71. The maximum atomic E-state index is 14.0. The van der Waals surface area contributed by atoms with Gasteiger partial charge in [-0.3, -0.25) is 0 Å². The van der Waals surface area contributed by atoms with E-state index in [-0.39, 0.29) is 12.4 Å². The topological polar surface area (TPSA) is 73.2 Å². The monoisotopic (exact) mass is 393 g/mol. The van der Waals surface area contributed by atoms with Crippen molar-refractivity contribution in [2.75, 3.05) is 18.6 Å². The SMILES string of the molecule is CO[C@@H]1[C@H](O)CC[C@]2(O)CN(c3cccc(F)c3)[C@](C)([C@H](O)CC=C(C)C)[C@@H]12. The Hall–Kier alpha value is -1.47. The Kier molecular flexibility index (Phi) is 5.88. The van der Waals surface area contributed by atoms with Gasteiger partial charge in [0, 0.05) is 25.3 Å². The lowest BCUT2D eigenvalue weighted by Gasteiger charge is -2.50. The number of hydrogen-bond acceptors (Lipinski definition) is 5. The number of hydrogen-bond donors (Lipinski definition) is 3. The molecule has 156 valence electrons. The van der Waals surface area contributed by atoms with E-state index in [0.29, 0.717) is 24.9 Å². The summed E-state index contributed by atoms with van der Waals surface area (Å²) in [5.41, 5.74) is -0.408. The van der Waals surface area contributed by atoms with Crippen LogP contribution in [0.25, 0.3) is 0 Å². The molecular formula is C22H32FNO4. The molecule has 5 nitrogen and oxygen atoms in total. The quantitative estimate of drug-likeness (QED) is 0.671. The number of nitrogens with zero attached hydrogens (tertiary/aromatic N) is 1. The number of fused-ring (bicyclic) bond motifs is 1. The van der Waals surface area contributed by atoms with E-state index >= 15 is 0 Å². The van der Waals surface area contributed by atoms with E-state index in [0.717, 1.165) is 5.57 Å². The predicted molar refractivity (Wildman–Crippen MR) is 107 cm³/mol. The number of halogens is 1. The lowest BCUT2D eigenvalue weighted by Crippen LogP contribution is -2.63. The molecule has 0 radical (unpaired) electrons. The maximum absolute atomic E-state index is 14.0. The lowest BCUT2D eigenvalue weighted by molar-refractivity contribution is -0.164. The molecule has 6 atom stereocenters. The third kappa shape index (κ3) is 3.47. The van der Waals surface area contributed by atoms with Crippen LogP contribution in [0, 0.1) is 11.7 Å². The van der Waals surface area contributed by atoms with Crippen LogP contribution in [0.5, 0.6) is 0 Å². The Morgan fingerprint density at radius 1 is 1.43 bits per heavy atom. The highest BCUT2D eigenvalue weighted by Crippen LogP contribution is 2.53. The zero-order chi connectivity index (χ0) is 20.7. The number of benzene rings is 1. The Morgan fingerprint density at radius 2 is 2.14 bits per heavy atom. The highest BCUT2D eigenvalue weighted by Gasteiger charge is 2.66. The van der Waals surface area contributed by atoms with Gasteiger partial charge in [0.1, 0.15) is 5.82 Å². The summed E-state index contributed by atoms with van der Waals surface area (Å²) in [6.07, 6.45) is 0.981. The molecule has 2 aliphatic rings. The minimum Gasteiger partial charge on any atom is -0.390 e. The number of allylic oxidation sites excluding steroid dienone is 1. The van der Waals surface area contributed by atoms with Crippen molar-refractivity contribution in [2.24, 2.45) is 5.92 Å². The molecule has 2 fully saturated rings. The van der Waals surface area contributed by atoms with E-state index in [9.17, 15) is 19.7 Å². The van der Waals surface area contributed by atoms with E-state index in [1.165, 1.54) is 19.2 Å². The molecule has 1 aromatic rings. The van der Waals surface area contributed by atoms with Gasteiger partial charge < -0.3 is 25.0 Å². The summed E-state index contributed by atoms with van der Waals surface area (Å²) in [4.78, 5) is 1.90. The number of aliphatic hydroxyl groups excluding tert-OH is 2. The van der Waals surface area contributed by atoms with Crippen molar-refractivity contribution < 1.29 is 24.4 Å². The van der Waals surface area contributed by atoms with Crippen LogP contribution < -0.4 is 4.90 Å². The van der Waals surface area contributed by atoms with Crippen LogP contribution in [-0.4, -0.2) is 58.4 Å². The van der Waals surface area contributed by atoms with Crippen molar-refractivity contribution in [1.82, 2.24) is 0 Å². The Bertz CT molecular complexity index is 737. The van der Waals surface area contributed by atoms with Gasteiger partial charge in [-0.2, -0.15) is 0 Å². The van der Waals surface area contributed by atoms with Gasteiger partial charge in [-0.25, -0.2) is 4.39 Å². The van der Waals surface area contributed by atoms with Crippen LogP contribution in [0.3, 0.4) is 0 Å². The summed E-state index contributed by atoms with van der Waals surface area (Å²) in [5, 5.41) is 33.4. The summed E-state index contributed by atoms with van der Waals surface area (Å²) < 4.78 is 19.6. The summed E-state index contributed by atoms with van der Waals surface area (Å²) in [6, 6.07) is 6.21. The van der Waals surface area contributed by atoms with Gasteiger partial charge in [-0.15, -0.1) is 0 Å². The molecule has 1 saturated heterocycles. The average Bonchev–Trinajstić information content (AvgIpc) is 2.89. The van der Waals surface area contributed by atoms with Gasteiger partial charge in [-0.05, 0) is 58.2 Å². The molecule has 0 amide bonds. The van der Waals surface area contributed by atoms with Gasteiger partial charge in [0.05, 0.1) is 29.5 Å². The smallest absolute Gasteiger partial charge is 0.125 e. The highest BCUT2D eigenvalue weighted by atomic mass is 19.1. The fraction of sp³-hybridized carbons (Fsp3) is 0.636. The molecule has 1 saturated carbocycles. The first-order chi connectivity index (χ1) is 13.1. The standard InChI is InChI=1S/C22H32FNO4/c1-14(2)8-9-18(26)21(3)20-19(28-4)17(25)10-11-22(20,27)13-24(21)16-7-5-6-15(23)12-16/h5-8,12,17-20,25-27H,9-11,13H2,1-4H3/t17-,18-,19-,20-,21-,22+/m1/s1. The molecule has 0 aromatic heterocycles. The molecule has 0 unspecified atom stereocenters. The fourth-order valence-electron chi connectivity index (χ4n) is 5.19. The van der Waals surface area contributed by atoms with Gasteiger partial charge in [-0.1, -0.05) is 17.7 Å². The molecule has 1 aromatic carbocycles. The third-order valence-electron chi connectivity index (χ3n) is 6.62. The van der Waals surface area contributed by atoms with Crippen molar-refractivity contribution >= 4 is 5.69 Å². The summed E-state index contributed by atoms with van der Waals surface area (Å²) in [7, 11) is 1.52. The van der Waals surface area contributed by atoms with Gasteiger partial charge in [0.25, 0.3) is 0 Å². The summed E-state index contributed by atoms with van der Waals surface area (Å²) >= 11 is 0. The molecular weight excluding hydrogens is 361 g/mol. The van der Waals surface area contributed by atoms with Crippen molar-refractivity contribution in [3.63, 3.8) is 0 Å². The van der Waals surface area contributed by atoms with Crippen LogP contribution >= 0.6 is 0 Å². The van der Waals surface area contributed by atoms with Crippen LogP contribution in [-0.2, 0) is 4.74 Å². The van der Waals surface area contributed by atoms with Crippen LogP contribution in [0.1, 0.15) is 40.0 Å². The van der Waals surface area contributed by atoms with Crippen molar-refractivity contribution in [2.45, 2.75) is 69.5 Å². The minimum atomic E-state index is -1.15. The molecule has 1 heterocycles. The average molecular weight is 393 g/mol. The third-order valence-corrected chi connectivity index (χ3v) is 6.62. The molecule has 0 bridgehead atoms. The number of methoxy groups -OCH3 is 1. The summed E-state index contributed by atoms with van der Waals surface area (Å²) in [6.45, 7) is 6.06. The van der Waals surface area contributed by atoms with Crippen LogP contribution in [0.15, 0.2) is 35.9 Å². The zero-order valence-electron chi connectivity index (χ0n) is 17.1. The van der Waals surface area contributed by atoms with E-state index < -0.39 is 35.4 Å². The Balaban J connectivity index is 2.12. The number of rotatable bonds is 5. The second kappa shape index (κ2) is 7.75. The van der Waals surface area contributed by atoms with Crippen molar-refractivity contribution in [1.29, 1.82) is 0 Å². The molecule has 0 spiro atoms. The second-order valence-electron chi connectivity index (χ2n) is 8.71. The minimum absolute atomic E-state index is 0.246. The van der Waals surface area contributed by atoms with Gasteiger partial charge in [0.2, 0.25) is 0 Å². The lowest BCUT2D eigenvalue weighted by atomic mass is 9.65. The molecule has 1 aliphatic heterocycles. The number of β-amino-alcohol motifs (C(OH)–C–C–N with tert-alkyl or cyclic N) is 1. The van der Waals surface area contributed by atoms with E-state index in [4.69, 9.17) is 4.74 Å². The van der Waals surface area contributed by atoms with Crippen LogP contribution in [0.4, 0.5) is 10.1 Å². The molecule has 28 heavy (non-hydrogen) atoms.